The molecule has 2 N–H and O–H groups in total. The van der Waals surface area contributed by atoms with Crippen LogP contribution in [-0.2, 0) is 6.42 Å². The smallest absolute Gasteiger partial charge is 0.347 e. The molecule has 0 atom stereocenters. The van der Waals surface area contributed by atoms with Crippen LogP contribution >= 0.6 is 11.3 Å². The minimum Gasteiger partial charge on any atom is -0.477 e. The van der Waals surface area contributed by atoms with Crippen LogP contribution in [0.25, 0.3) is 0 Å². The predicted molar refractivity (Wildman–Crippen MR) is 63.3 cm³/mol. The molecule has 4 nitrogen and oxygen atoms in total. The highest BCUT2D eigenvalue weighted by Gasteiger charge is 2.25. The number of carbonyl (C=O) groups is 1. The van der Waals surface area contributed by atoms with Crippen molar-refractivity contribution < 1.29 is 9.90 Å². The Hall–Kier alpha value is -0.940. The van der Waals surface area contributed by atoms with E-state index in [1.165, 1.54) is 11.3 Å². The molecule has 2 rings (SSSR count). The van der Waals surface area contributed by atoms with Gasteiger partial charge in [0.05, 0.1) is 10.7 Å². The molecular formula is C11H16N2O2S. The van der Waals surface area contributed by atoms with E-state index in [9.17, 15) is 4.79 Å². The summed E-state index contributed by atoms with van der Waals surface area (Å²) < 4.78 is 0. The van der Waals surface area contributed by atoms with Crippen LogP contribution in [0.1, 0.15) is 46.1 Å². The van der Waals surface area contributed by atoms with Crippen LogP contribution in [0.3, 0.4) is 0 Å². The van der Waals surface area contributed by atoms with E-state index in [-0.39, 0.29) is 0 Å². The summed E-state index contributed by atoms with van der Waals surface area (Å²) in [4.78, 5) is 16.1. The van der Waals surface area contributed by atoms with E-state index in [4.69, 9.17) is 5.11 Å². The fraction of sp³-hybridized carbons (Fsp3) is 0.636. The van der Waals surface area contributed by atoms with E-state index >= 15 is 0 Å². The van der Waals surface area contributed by atoms with Crippen molar-refractivity contribution in [1.29, 1.82) is 0 Å². The average molecular weight is 240 g/mol. The van der Waals surface area contributed by atoms with Gasteiger partial charge in [0, 0.05) is 5.92 Å². The normalized spacial score (nSPS) is 17.6. The summed E-state index contributed by atoms with van der Waals surface area (Å²) in [6.07, 6.45) is 2.80. The molecule has 1 aliphatic heterocycles. The summed E-state index contributed by atoms with van der Waals surface area (Å²) in [7, 11) is 0. The van der Waals surface area contributed by atoms with Crippen molar-refractivity contribution in [3.05, 3.63) is 15.6 Å². The second-order valence-electron chi connectivity index (χ2n) is 4.00. The van der Waals surface area contributed by atoms with Crippen molar-refractivity contribution in [2.45, 2.75) is 32.1 Å². The van der Waals surface area contributed by atoms with Crippen molar-refractivity contribution in [3.8, 4) is 0 Å². The van der Waals surface area contributed by atoms with Crippen molar-refractivity contribution in [2.75, 3.05) is 13.1 Å². The van der Waals surface area contributed by atoms with E-state index < -0.39 is 5.97 Å². The van der Waals surface area contributed by atoms with Gasteiger partial charge >= 0.3 is 5.97 Å². The molecule has 1 aliphatic rings. The fourth-order valence-electron chi connectivity index (χ4n) is 2.05. The molecule has 0 spiro atoms. The molecule has 1 fully saturated rings. The lowest BCUT2D eigenvalue weighted by molar-refractivity contribution is 0.0700. The number of carboxylic acid groups (broad SMARTS) is 1. The molecule has 0 aliphatic carbocycles. The fourth-order valence-corrected chi connectivity index (χ4v) is 2.98. The lowest BCUT2D eigenvalue weighted by Crippen LogP contribution is -2.27. The second-order valence-corrected chi connectivity index (χ2v) is 5.09. The Kier molecular flexibility index (Phi) is 3.56. The number of nitrogens with one attached hydrogen (secondary N) is 1. The van der Waals surface area contributed by atoms with Gasteiger partial charge < -0.3 is 10.4 Å². The highest BCUT2D eigenvalue weighted by molar-refractivity contribution is 7.13. The number of piperidine rings is 1. The summed E-state index contributed by atoms with van der Waals surface area (Å²) in [6, 6.07) is 0. The molecule has 0 unspecified atom stereocenters. The van der Waals surface area contributed by atoms with E-state index in [2.05, 4.69) is 10.3 Å². The third-order valence-electron chi connectivity index (χ3n) is 2.92. The first-order valence-corrected chi connectivity index (χ1v) is 6.47. The van der Waals surface area contributed by atoms with E-state index in [1.807, 2.05) is 6.92 Å². The lowest BCUT2D eigenvalue weighted by atomic mass is 9.94. The zero-order chi connectivity index (χ0) is 11.5. The van der Waals surface area contributed by atoms with Gasteiger partial charge in [-0.25, -0.2) is 9.78 Å². The highest BCUT2D eigenvalue weighted by atomic mass is 32.1. The number of nitrogens with zero attached hydrogens (tertiary/aromatic N) is 1. The number of aryl methyl sites for hydroxylation is 1. The number of aromatic nitrogens is 1. The maximum absolute atomic E-state index is 11.1. The van der Waals surface area contributed by atoms with Crippen LogP contribution in [0, 0.1) is 0 Å². The summed E-state index contributed by atoms with van der Waals surface area (Å²) >= 11 is 1.33. The first-order valence-electron chi connectivity index (χ1n) is 5.66. The topological polar surface area (TPSA) is 62.2 Å². The second kappa shape index (κ2) is 4.93. The first-order chi connectivity index (χ1) is 7.72. The van der Waals surface area contributed by atoms with Crippen LogP contribution in [-0.4, -0.2) is 29.1 Å². The third-order valence-corrected chi connectivity index (χ3v) is 4.12. The maximum atomic E-state index is 11.1. The number of hydrogen-bond donors (Lipinski definition) is 2. The molecule has 0 bridgehead atoms. The molecule has 1 aromatic rings. The largest absolute Gasteiger partial charge is 0.477 e. The molecular weight excluding hydrogens is 224 g/mol. The minimum atomic E-state index is -0.828. The Balaban J connectivity index is 2.29. The van der Waals surface area contributed by atoms with Gasteiger partial charge in [0.25, 0.3) is 0 Å². The zero-order valence-electron chi connectivity index (χ0n) is 9.32. The molecule has 88 valence electrons. The molecule has 0 saturated carbocycles. The molecule has 0 aromatic carbocycles. The Morgan fingerprint density at radius 1 is 1.56 bits per heavy atom. The monoisotopic (exact) mass is 240 g/mol. The summed E-state index contributed by atoms with van der Waals surface area (Å²) in [5.41, 5.74) is 0.816. The molecule has 16 heavy (non-hydrogen) atoms. The van der Waals surface area contributed by atoms with Crippen molar-refractivity contribution in [3.63, 3.8) is 0 Å². The van der Waals surface area contributed by atoms with Gasteiger partial charge in [0.2, 0.25) is 0 Å². The van der Waals surface area contributed by atoms with Gasteiger partial charge in [0.15, 0.2) is 0 Å². The van der Waals surface area contributed by atoms with Crippen molar-refractivity contribution in [1.82, 2.24) is 10.3 Å². The van der Waals surface area contributed by atoms with Gasteiger partial charge in [0.1, 0.15) is 4.88 Å². The summed E-state index contributed by atoms with van der Waals surface area (Å²) in [6.45, 7) is 3.93. The Morgan fingerprint density at radius 2 is 2.25 bits per heavy atom. The predicted octanol–water partition coefficient (Wildman–Crippen LogP) is 1.87. The number of thiazole rings is 1. The number of carboxylic acids is 1. The van der Waals surface area contributed by atoms with Crippen molar-refractivity contribution >= 4 is 17.3 Å². The number of aromatic carboxylic acids is 1. The Bertz CT molecular complexity index is 383. The van der Waals surface area contributed by atoms with Gasteiger partial charge in [-0.15, -0.1) is 11.3 Å². The molecule has 1 saturated heterocycles. The maximum Gasteiger partial charge on any atom is 0.347 e. The third kappa shape index (κ3) is 2.25. The van der Waals surface area contributed by atoms with Crippen LogP contribution in [0.4, 0.5) is 0 Å². The lowest BCUT2D eigenvalue weighted by Gasteiger charge is -2.21. The Morgan fingerprint density at radius 3 is 2.81 bits per heavy atom. The van der Waals surface area contributed by atoms with E-state index in [0.29, 0.717) is 10.8 Å². The molecule has 0 radical (unpaired) electrons. The average Bonchev–Trinajstić information content (AvgIpc) is 2.74. The SMILES string of the molecule is CCc1nc(C2CCNCC2)c(C(=O)O)s1. The van der Waals surface area contributed by atoms with Gasteiger partial charge in [-0.2, -0.15) is 0 Å². The summed E-state index contributed by atoms with van der Waals surface area (Å²) in [5.74, 6) is -0.505. The zero-order valence-corrected chi connectivity index (χ0v) is 10.1. The van der Waals surface area contributed by atoms with Gasteiger partial charge in [-0.3, -0.25) is 0 Å². The van der Waals surface area contributed by atoms with Crippen LogP contribution in [0.5, 0.6) is 0 Å². The van der Waals surface area contributed by atoms with Gasteiger partial charge in [-0.05, 0) is 32.4 Å². The standard InChI is InChI=1S/C11H16N2O2S/c1-2-8-13-9(10(16-8)11(14)15)7-3-5-12-6-4-7/h7,12H,2-6H2,1H3,(H,14,15). The minimum absolute atomic E-state index is 0.323. The number of hydrogen-bond acceptors (Lipinski definition) is 4. The van der Waals surface area contributed by atoms with Crippen LogP contribution in [0.15, 0.2) is 0 Å². The molecule has 0 amide bonds. The number of rotatable bonds is 3. The van der Waals surface area contributed by atoms with Crippen molar-refractivity contribution in [2.24, 2.45) is 0 Å². The quantitative estimate of drug-likeness (QED) is 0.846. The first kappa shape index (κ1) is 11.5. The van der Waals surface area contributed by atoms with E-state index in [0.717, 1.165) is 43.1 Å². The Labute approximate surface area is 98.7 Å². The summed E-state index contributed by atoms with van der Waals surface area (Å²) in [5, 5.41) is 13.4. The van der Waals surface area contributed by atoms with Gasteiger partial charge in [-0.1, -0.05) is 6.92 Å². The molecule has 1 aromatic heterocycles. The highest BCUT2D eigenvalue weighted by Crippen LogP contribution is 2.31. The van der Waals surface area contributed by atoms with Crippen LogP contribution < -0.4 is 5.32 Å². The molecule has 5 heteroatoms. The van der Waals surface area contributed by atoms with E-state index in [1.54, 1.807) is 0 Å². The molecule has 2 heterocycles. The van der Waals surface area contributed by atoms with Crippen LogP contribution in [0.2, 0.25) is 0 Å².